The van der Waals surface area contributed by atoms with E-state index in [4.69, 9.17) is 0 Å². The molecule has 1 aromatic heterocycles. The highest BCUT2D eigenvalue weighted by atomic mass is 15.2. The molecule has 2 aliphatic rings. The van der Waals surface area contributed by atoms with Gasteiger partial charge in [-0.15, -0.1) is 0 Å². The van der Waals surface area contributed by atoms with E-state index in [1.54, 1.807) is 0 Å². The minimum absolute atomic E-state index is 0.988. The van der Waals surface area contributed by atoms with Gasteiger partial charge in [-0.05, 0) is 34.9 Å². The Morgan fingerprint density at radius 2 is 1.85 bits per heavy atom. The molecule has 104 valence electrons. The zero-order chi connectivity index (χ0) is 13.4. The van der Waals surface area contributed by atoms with E-state index >= 15 is 0 Å². The minimum Gasteiger partial charge on any atom is -0.298 e. The van der Waals surface area contributed by atoms with E-state index in [9.17, 15) is 0 Å². The highest BCUT2D eigenvalue weighted by molar-refractivity contribution is 5.81. The lowest BCUT2D eigenvalue weighted by Crippen LogP contribution is -2.48. The summed E-state index contributed by atoms with van der Waals surface area (Å²) in [6, 6.07) is 8.88. The fourth-order valence-electron chi connectivity index (χ4n) is 3.96. The van der Waals surface area contributed by atoms with Gasteiger partial charge in [0, 0.05) is 37.4 Å². The average molecular weight is 266 g/mol. The third-order valence-corrected chi connectivity index (χ3v) is 5.16. The molecule has 2 heterocycles. The first kappa shape index (κ1) is 12.3. The molecule has 0 radical (unpaired) electrons. The zero-order valence-electron chi connectivity index (χ0n) is 12.0. The Kier molecular flexibility index (Phi) is 3.19. The molecule has 1 aliphatic heterocycles. The van der Waals surface area contributed by atoms with Crippen LogP contribution in [0.5, 0.6) is 0 Å². The van der Waals surface area contributed by atoms with Crippen molar-refractivity contribution in [2.45, 2.75) is 32.2 Å². The molecule has 0 amide bonds. The summed E-state index contributed by atoms with van der Waals surface area (Å²) in [7, 11) is 0. The number of pyridine rings is 1. The minimum atomic E-state index is 0.988. The van der Waals surface area contributed by atoms with Gasteiger partial charge < -0.3 is 0 Å². The molecule has 0 bridgehead atoms. The first-order valence-corrected chi connectivity index (χ1v) is 7.93. The molecule has 1 saturated heterocycles. The van der Waals surface area contributed by atoms with Crippen molar-refractivity contribution in [3.05, 3.63) is 42.2 Å². The number of likely N-dealkylation sites (tertiary alicyclic amines) is 1. The molecule has 0 N–H and O–H groups in total. The van der Waals surface area contributed by atoms with Crippen molar-refractivity contribution in [3.8, 4) is 0 Å². The van der Waals surface area contributed by atoms with Crippen LogP contribution in [0.3, 0.4) is 0 Å². The second kappa shape index (κ2) is 5.17. The molecule has 20 heavy (non-hydrogen) atoms. The van der Waals surface area contributed by atoms with E-state index in [1.807, 2.05) is 12.4 Å². The van der Waals surface area contributed by atoms with Crippen LogP contribution in [0.15, 0.2) is 36.7 Å². The lowest BCUT2D eigenvalue weighted by molar-refractivity contribution is 0.0522. The topological polar surface area (TPSA) is 16.1 Å². The van der Waals surface area contributed by atoms with Gasteiger partial charge in [0.05, 0.1) is 0 Å². The third-order valence-electron chi connectivity index (χ3n) is 5.16. The first-order chi connectivity index (χ1) is 9.88. The van der Waals surface area contributed by atoms with E-state index in [-0.39, 0.29) is 0 Å². The molecule has 0 unspecified atom stereocenters. The van der Waals surface area contributed by atoms with Gasteiger partial charge in [0.15, 0.2) is 0 Å². The molecular formula is C18H22N2. The molecule has 4 rings (SSSR count). The predicted molar refractivity (Wildman–Crippen MR) is 82.5 cm³/mol. The van der Waals surface area contributed by atoms with Gasteiger partial charge >= 0.3 is 0 Å². The van der Waals surface area contributed by atoms with Gasteiger partial charge in [0.2, 0.25) is 0 Å². The summed E-state index contributed by atoms with van der Waals surface area (Å²) in [6.45, 7) is 3.75. The molecule has 0 atom stereocenters. The second-order valence-corrected chi connectivity index (χ2v) is 6.56. The van der Waals surface area contributed by atoms with Crippen LogP contribution in [0.2, 0.25) is 0 Å². The maximum atomic E-state index is 4.17. The van der Waals surface area contributed by atoms with Crippen LogP contribution < -0.4 is 0 Å². The number of hydrogen-bond donors (Lipinski definition) is 0. The molecule has 1 aromatic carbocycles. The summed E-state index contributed by atoms with van der Waals surface area (Å²) >= 11 is 0. The van der Waals surface area contributed by atoms with Crippen LogP contribution >= 0.6 is 0 Å². The Morgan fingerprint density at radius 3 is 2.70 bits per heavy atom. The molecule has 0 spiro atoms. The molecule has 2 fully saturated rings. The number of rotatable bonds is 3. The van der Waals surface area contributed by atoms with E-state index in [2.05, 4.69) is 34.1 Å². The van der Waals surface area contributed by atoms with Crippen LogP contribution in [-0.2, 0) is 6.54 Å². The quantitative estimate of drug-likeness (QED) is 0.838. The van der Waals surface area contributed by atoms with Gasteiger partial charge in [-0.1, -0.05) is 37.8 Å². The van der Waals surface area contributed by atoms with Crippen LogP contribution in [0.25, 0.3) is 10.8 Å². The summed E-state index contributed by atoms with van der Waals surface area (Å²) in [5.41, 5.74) is 1.44. The number of hydrogen-bond acceptors (Lipinski definition) is 2. The number of nitrogens with zero attached hydrogens (tertiary/aromatic N) is 2. The van der Waals surface area contributed by atoms with Crippen molar-refractivity contribution in [2.75, 3.05) is 13.1 Å². The zero-order valence-corrected chi connectivity index (χ0v) is 12.0. The van der Waals surface area contributed by atoms with Crippen LogP contribution in [0, 0.1) is 11.8 Å². The lowest BCUT2D eigenvalue weighted by Gasteiger charge is -2.42. The number of benzene rings is 1. The number of fused-ring (bicyclic) bond motifs is 1. The lowest BCUT2D eigenvalue weighted by atomic mass is 9.84. The van der Waals surface area contributed by atoms with Crippen molar-refractivity contribution in [3.63, 3.8) is 0 Å². The van der Waals surface area contributed by atoms with Crippen LogP contribution in [-0.4, -0.2) is 23.0 Å². The average Bonchev–Trinajstić information content (AvgIpc) is 2.96. The van der Waals surface area contributed by atoms with E-state index in [0.717, 1.165) is 18.4 Å². The Morgan fingerprint density at radius 1 is 1.00 bits per heavy atom. The van der Waals surface area contributed by atoms with Crippen molar-refractivity contribution in [2.24, 2.45) is 11.8 Å². The smallest absolute Gasteiger partial charge is 0.0346 e. The van der Waals surface area contributed by atoms with Crippen LogP contribution in [0.1, 0.15) is 31.2 Å². The summed E-state index contributed by atoms with van der Waals surface area (Å²) in [5, 5.41) is 2.55. The molecule has 2 heteroatoms. The SMILES string of the molecule is c1cc2cc(CN3CC(C4CCCC4)C3)ccc2cn1. The van der Waals surface area contributed by atoms with Crippen molar-refractivity contribution < 1.29 is 0 Å². The largest absolute Gasteiger partial charge is 0.298 e. The third kappa shape index (κ3) is 2.33. The fourth-order valence-corrected chi connectivity index (χ4v) is 3.96. The Bertz CT molecular complexity index is 595. The van der Waals surface area contributed by atoms with Crippen molar-refractivity contribution >= 4 is 10.8 Å². The summed E-state index contributed by atoms with van der Waals surface area (Å²) < 4.78 is 0. The number of aromatic nitrogens is 1. The highest BCUT2D eigenvalue weighted by Crippen LogP contribution is 2.36. The van der Waals surface area contributed by atoms with Gasteiger partial charge in [-0.3, -0.25) is 9.88 Å². The molecule has 2 aromatic rings. The maximum Gasteiger partial charge on any atom is 0.0346 e. The first-order valence-electron chi connectivity index (χ1n) is 7.93. The normalized spacial score (nSPS) is 21.4. The van der Waals surface area contributed by atoms with Gasteiger partial charge in [-0.2, -0.15) is 0 Å². The standard InChI is InChI=1S/C18H22N2/c1-2-4-15(3-1)18-12-20(13-18)11-14-5-6-17-10-19-8-7-16(17)9-14/h5-10,15,18H,1-4,11-13H2. The van der Waals surface area contributed by atoms with Crippen molar-refractivity contribution in [1.82, 2.24) is 9.88 Å². The van der Waals surface area contributed by atoms with Gasteiger partial charge in [0.25, 0.3) is 0 Å². The summed E-state index contributed by atoms with van der Waals surface area (Å²) in [5.74, 6) is 2.02. The fraction of sp³-hybridized carbons (Fsp3) is 0.500. The van der Waals surface area contributed by atoms with Crippen molar-refractivity contribution in [1.29, 1.82) is 0 Å². The Balaban J connectivity index is 1.39. The van der Waals surface area contributed by atoms with E-state index in [1.165, 1.54) is 55.1 Å². The Hall–Kier alpha value is -1.41. The maximum absolute atomic E-state index is 4.17. The Labute approximate surface area is 120 Å². The summed E-state index contributed by atoms with van der Waals surface area (Å²) in [4.78, 5) is 6.78. The molecule has 1 aliphatic carbocycles. The van der Waals surface area contributed by atoms with Crippen LogP contribution in [0.4, 0.5) is 0 Å². The monoisotopic (exact) mass is 266 g/mol. The molecule has 1 saturated carbocycles. The summed E-state index contributed by atoms with van der Waals surface area (Å²) in [6.07, 6.45) is 9.74. The van der Waals surface area contributed by atoms with Gasteiger partial charge in [0.1, 0.15) is 0 Å². The second-order valence-electron chi connectivity index (χ2n) is 6.56. The van der Waals surface area contributed by atoms with Gasteiger partial charge in [-0.25, -0.2) is 0 Å². The predicted octanol–water partition coefficient (Wildman–Crippen LogP) is 3.86. The molecular weight excluding hydrogens is 244 g/mol. The highest BCUT2D eigenvalue weighted by Gasteiger charge is 2.34. The van der Waals surface area contributed by atoms with E-state index in [0.29, 0.717) is 0 Å². The molecule has 2 nitrogen and oxygen atoms in total. The van der Waals surface area contributed by atoms with E-state index < -0.39 is 0 Å².